The molecule has 1 heterocycles. The first-order chi connectivity index (χ1) is 12.6. The Morgan fingerprint density at radius 3 is 2.41 bits per heavy atom. The Kier molecular flexibility index (Phi) is 6.24. The van der Waals surface area contributed by atoms with Crippen molar-refractivity contribution < 1.29 is 27.2 Å². The fraction of sp³-hybridized carbons (Fsp3) is 0.294. The minimum atomic E-state index is -3.67. The van der Waals surface area contributed by atoms with Gasteiger partial charge in [-0.1, -0.05) is 0 Å². The molecule has 1 aromatic heterocycles. The largest absolute Gasteiger partial charge is 0.457 e. The highest BCUT2D eigenvalue weighted by molar-refractivity contribution is 7.89. The second-order valence-corrected chi connectivity index (χ2v) is 8.11. The van der Waals surface area contributed by atoms with Crippen LogP contribution in [0.2, 0.25) is 0 Å². The summed E-state index contributed by atoms with van der Waals surface area (Å²) < 4.78 is 35.5. The highest BCUT2D eigenvalue weighted by atomic mass is 32.2. The fourth-order valence-electron chi connectivity index (χ4n) is 2.16. The van der Waals surface area contributed by atoms with Crippen molar-refractivity contribution in [3.8, 4) is 0 Å². The van der Waals surface area contributed by atoms with Gasteiger partial charge in [0.25, 0.3) is 5.91 Å². The van der Waals surface area contributed by atoms with Gasteiger partial charge in [0.05, 0.1) is 22.5 Å². The first kappa shape index (κ1) is 20.5. The maximum absolute atomic E-state index is 12.3. The van der Waals surface area contributed by atoms with E-state index >= 15 is 0 Å². The molecule has 2 aromatic rings. The quantitative estimate of drug-likeness (QED) is 0.706. The fourth-order valence-corrected chi connectivity index (χ4v) is 3.09. The van der Waals surface area contributed by atoms with Gasteiger partial charge in [-0.15, -0.1) is 0 Å². The minimum Gasteiger partial charge on any atom is -0.457 e. The van der Waals surface area contributed by atoms with Gasteiger partial charge in [0.1, 0.15) is 0 Å². The lowest BCUT2D eigenvalue weighted by Crippen LogP contribution is -2.24. The Morgan fingerprint density at radius 1 is 1.15 bits per heavy atom. The maximum atomic E-state index is 12.3. The molecule has 146 valence electrons. The van der Waals surface area contributed by atoms with Crippen molar-refractivity contribution in [3.63, 3.8) is 0 Å². The number of esters is 1. The number of hydrogen-bond acceptors (Lipinski definition) is 7. The van der Waals surface area contributed by atoms with Crippen molar-refractivity contribution in [2.45, 2.75) is 4.90 Å². The first-order valence-corrected chi connectivity index (χ1v) is 9.31. The monoisotopic (exact) mass is 395 g/mol. The molecule has 0 fully saturated rings. The van der Waals surface area contributed by atoms with Gasteiger partial charge >= 0.3 is 5.97 Å². The zero-order valence-electron chi connectivity index (χ0n) is 15.4. The van der Waals surface area contributed by atoms with Crippen LogP contribution in [0.5, 0.6) is 0 Å². The summed E-state index contributed by atoms with van der Waals surface area (Å²) in [5, 5.41) is 2.57. The van der Waals surface area contributed by atoms with Crippen LogP contribution >= 0.6 is 0 Å². The molecule has 0 unspecified atom stereocenters. The van der Waals surface area contributed by atoms with Crippen LogP contribution in [0.3, 0.4) is 0 Å². The number of benzene rings is 1. The van der Waals surface area contributed by atoms with Gasteiger partial charge in [-0.05, 0) is 30.3 Å². The third-order valence-corrected chi connectivity index (χ3v) is 5.37. The Morgan fingerprint density at radius 2 is 1.85 bits per heavy atom. The Bertz CT molecular complexity index is 920. The standard InChI is InChI=1S/C17H21N3O6S/c1-19(2)14-8-7-12(27(23,24)20(3)4)10-13(14)18-16(21)11-26-17(22)15-6-5-9-25-15/h5-10H,11H2,1-4H3,(H,18,21). The molecule has 0 aliphatic heterocycles. The molecule has 0 spiro atoms. The van der Waals surface area contributed by atoms with Crippen LogP contribution in [0.4, 0.5) is 11.4 Å². The number of anilines is 2. The van der Waals surface area contributed by atoms with E-state index in [4.69, 9.17) is 9.15 Å². The molecule has 0 radical (unpaired) electrons. The topological polar surface area (TPSA) is 109 Å². The van der Waals surface area contributed by atoms with E-state index < -0.39 is 28.5 Å². The van der Waals surface area contributed by atoms with E-state index in [-0.39, 0.29) is 16.3 Å². The van der Waals surface area contributed by atoms with E-state index in [1.54, 1.807) is 25.1 Å². The second kappa shape index (κ2) is 8.23. The van der Waals surface area contributed by atoms with Gasteiger partial charge in [0, 0.05) is 28.2 Å². The molecule has 0 aliphatic rings. The van der Waals surface area contributed by atoms with Crippen LogP contribution in [0, 0.1) is 0 Å². The highest BCUT2D eigenvalue weighted by Gasteiger charge is 2.20. The predicted octanol–water partition coefficient (Wildman–Crippen LogP) is 1.39. The van der Waals surface area contributed by atoms with Crippen LogP contribution in [0.25, 0.3) is 0 Å². The van der Waals surface area contributed by atoms with Crippen LogP contribution in [0.1, 0.15) is 10.6 Å². The summed E-state index contributed by atoms with van der Waals surface area (Å²) in [4.78, 5) is 25.6. The molecule has 0 atom stereocenters. The van der Waals surface area contributed by atoms with E-state index in [0.717, 1.165) is 4.31 Å². The second-order valence-electron chi connectivity index (χ2n) is 5.96. The molecule has 2 rings (SSSR count). The zero-order chi connectivity index (χ0) is 20.2. The van der Waals surface area contributed by atoms with Crippen molar-refractivity contribution >= 4 is 33.3 Å². The predicted molar refractivity (Wildman–Crippen MR) is 99.3 cm³/mol. The lowest BCUT2D eigenvalue weighted by molar-refractivity contribution is -0.119. The molecule has 1 amide bonds. The normalized spacial score (nSPS) is 11.3. The van der Waals surface area contributed by atoms with E-state index in [9.17, 15) is 18.0 Å². The van der Waals surface area contributed by atoms with Crippen LogP contribution < -0.4 is 10.2 Å². The molecule has 27 heavy (non-hydrogen) atoms. The number of nitrogens with one attached hydrogen (secondary N) is 1. The summed E-state index contributed by atoms with van der Waals surface area (Å²) in [6, 6.07) is 7.34. The Labute approximate surface area is 157 Å². The summed E-state index contributed by atoms with van der Waals surface area (Å²) in [5.74, 6) is -1.40. The van der Waals surface area contributed by atoms with Crippen molar-refractivity contribution in [2.75, 3.05) is 45.0 Å². The minimum absolute atomic E-state index is 0.0177. The number of hydrogen-bond donors (Lipinski definition) is 1. The molecule has 1 aromatic carbocycles. The number of ether oxygens (including phenoxy) is 1. The van der Waals surface area contributed by atoms with Crippen molar-refractivity contribution in [1.82, 2.24) is 4.31 Å². The van der Waals surface area contributed by atoms with Crippen LogP contribution in [-0.4, -0.2) is 59.4 Å². The van der Waals surface area contributed by atoms with Crippen molar-refractivity contribution in [3.05, 3.63) is 42.4 Å². The highest BCUT2D eigenvalue weighted by Crippen LogP contribution is 2.28. The number of carbonyl (C=O) groups is 2. The summed E-state index contributed by atoms with van der Waals surface area (Å²) >= 11 is 0. The number of rotatable bonds is 7. The Balaban J connectivity index is 2.17. The molecule has 0 saturated carbocycles. The molecular formula is C17H21N3O6S. The maximum Gasteiger partial charge on any atom is 0.374 e. The summed E-state index contributed by atoms with van der Waals surface area (Å²) in [7, 11) is 2.67. The molecule has 1 N–H and O–H groups in total. The van der Waals surface area contributed by atoms with Crippen molar-refractivity contribution in [2.24, 2.45) is 0 Å². The van der Waals surface area contributed by atoms with E-state index in [1.807, 2.05) is 0 Å². The zero-order valence-corrected chi connectivity index (χ0v) is 16.2. The third-order valence-electron chi connectivity index (χ3n) is 3.56. The van der Waals surface area contributed by atoms with Gasteiger partial charge in [-0.2, -0.15) is 0 Å². The van der Waals surface area contributed by atoms with Gasteiger partial charge in [0.2, 0.25) is 15.8 Å². The number of nitrogens with zero attached hydrogens (tertiary/aromatic N) is 2. The number of amides is 1. The molecule has 0 bridgehead atoms. The summed E-state index contributed by atoms with van der Waals surface area (Å²) in [6.07, 6.45) is 1.32. The van der Waals surface area contributed by atoms with E-state index in [0.29, 0.717) is 5.69 Å². The SMILES string of the molecule is CN(C)c1ccc(S(=O)(=O)N(C)C)cc1NC(=O)COC(=O)c1ccco1. The molecular weight excluding hydrogens is 374 g/mol. The average molecular weight is 395 g/mol. The first-order valence-electron chi connectivity index (χ1n) is 7.87. The lowest BCUT2D eigenvalue weighted by atomic mass is 10.2. The van der Waals surface area contributed by atoms with Crippen molar-refractivity contribution in [1.29, 1.82) is 0 Å². The summed E-state index contributed by atoms with van der Waals surface area (Å²) in [6.45, 7) is -0.545. The van der Waals surface area contributed by atoms with Crippen LogP contribution in [0.15, 0.2) is 45.9 Å². The molecule has 0 saturated heterocycles. The molecule has 10 heteroatoms. The number of sulfonamides is 1. The number of carbonyl (C=O) groups excluding carboxylic acids is 2. The molecule has 9 nitrogen and oxygen atoms in total. The van der Waals surface area contributed by atoms with Gasteiger partial charge in [0.15, 0.2) is 6.61 Å². The average Bonchev–Trinajstić information content (AvgIpc) is 3.14. The van der Waals surface area contributed by atoms with E-state index in [2.05, 4.69) is 5.32 Å². The summed E-state index contributed by atoms with van der Waals surface area (Å²) in [5.41, 5.74) is 0.875. The third kappa shape index (κ3) is 4.86. The number of furan rings is 1. The van der Waals surface area contributed by atoms with Gasteiger partial charge in [-0.25, -0.2) is 17.5 Å². The van der Waals surface area contributed by atoms with Crippen LogP contribution in [-0.2, 0) is 19.6 Å². The smallest absolute Gasteiger partial charge is 0.374 e. The lowest BCUT2D eigenvalue weighted by Gasteiger charge is -2.20. The van der Waals surface area contributed by atoms with Gasteiger partial charge in [-0.3, -0.25) is 4.79 Å². The Hall–Kier alpha value is -2.85. The molecule has 0 aliphatic carbocycles. The van der Waals surface area contributed by atoms with Gasteiger partial charge < -0.3 is 19.4 Å². The van der Waals surface area contributed by atoms with E-state index in [1.165, 1.54) is 44.6 Å².